The number of sulfone groups is 1. The van der Waals surface area contributed by atoms with Gasteiger partial charge in [0.2, 0.25) is 15.9 Å². The van der Waals surface area contributed by atoms with Crippen molar-refractivity contribution in [2.24, 2.45) is 0 Å². The first kappa shape index (κ1) is 22.0. The first-order chi connectivity index (χ1) is 13.6. The number of benzene rings is 2. The monoisotopic (exact) mass is 476 g/mol. The first-order valence-electron chi connectivity index (χ1n) is 8.61. The van der Waals surface area contributed by atoms with Crippen molar-refractivity contribution in [1.29, 1.82) is 0 Å². The van der Waals surface area contributed by atoms with Gasteiger partial charge in [-0.1, -0.05) is 23.2 Å². The van der Waals surface area contributed by atoms with Crippen LogP contribution in [0.25, 0.3) is 0 Å². The zero-order chi connectivity index (χ0) is 21.2. The summed E-state index contributed by atoms with van der Waals surface area (Å²) < 4.78 is 51.5. The van der Waals surface area contributed by atoms with Gasteiger partial charge >= 0.3 is 0 Å². The number of nitrogens with zero attached hydrogens (tertiary/aromatic N) is 2. The zero-order valence-corrected chi connectivity index (χ0v) is 18.3. The molecule has 0 atom stereocenters. The molecule has 0 aliphatic carbocycles. The third kappa shape index (κ3) is 5.10. The Hall–Kier alpha value is -1.65. The van der Waals surface area contributed by atoms with Crippen LogP contribution in [0.2, 0.25) is 10.0 Å². The highest BCUT2D eigenvalue weighted by Crippen LogP contribution is 2.21. The maximum absolute atomic E-state index is 12.7. The molecule has 3 rings (SSSR count). The van der Waals surface area contributed by atoms with Crippen LogP contribution >= 0.6 is 23.2 Å². The SMILES string of the molecule is O=C(CS(=O)(=O)c1ccc(Cl)cc1)N1CCN(S(=O)(=O)c2ccc(Cl)cc2)CC1. The molecule has 0 spiro atoms. The summed E-state index contributed by atoms with van der Waals surface area (Å²) in [6.07, 6.45) is 0. The molecule has 11 heteroatoms. The van der Waals surface area contributed by atoms with Gasteiger partial charge in [-0.15, -0.1) is 0 Å². The van der Waals surface area contributed by atoms with Crippen molar-refractivity contribution >= 4 is 49.0 Å². The molecule has 0 radical (unpaired) electrons. The summed E-state index contributed by atoms with van der Waals surface area (Å²) in [5, 5.41) is 0.828. The average Bonchev–Trinajstić information content (AvgIpc) is 2.68. The van der Waals surface area contributed by atoms with Gasteiger partial charge in [0.25, 0.3) is 0 Å². The molecular formula is C18H18Cl2N2O5S2. The van der Waals surface area contributed by atoms with Gasteiger partial charge in [0, 0.05) is 36.2 Å². The highest BCUT2D eigenvalue weighted by Gasteiger charge is 2.31. The Morgan fingerprint density at radius 1 is 0.759 bits per heavy atom. The van der Waals surface area contributed by atoms with Gasteiger partial charge in [-0.05, 0) is 48.5 Å². The number of halogens is 2. The lowest BCUT2D eigenvalue weighted by Gasteiger charge is -2.34. The second kappa shape index (κ2) is 8.61. The van der Waals surface area contributed by atoms with Crippen LogP contribution in [0.5, 0.6) is 0 Å². The fourth-order valence-corrected chi connectivity index (χ4v) is 5.81. The fraction of sp³-hybridized carbons (Fsp3) is 0.278. The molecule has 1 amide bonds. The quantitative estimate of drug-likeness (QED) is 0.659. The molecule has 29 heavy (non-hydrogen) atoms. The second-order valence-electron chi connectivity index (χ2n) is 6.45. The largest absolute Gasteiger partial charge is 0.339 e. The van der Waals surface area contributed by atoms with Crippen LogP contribution in [0.15, 0.2) is 58.3 Å². The summed E-state index contributed by atoms with van der Waals surface area (Å²) in [6.45, 7) is 0.388. The molecule has 1 fully saturated rings. The van der Waals surface area contributed by atoms with Gasteiger partial charge in [0.15, 0.2) is 9.84 Å². The van der Waals surface area contributed by atoms with Gasteiger partial charge in [-0.3, -0.25) is 4.79 Å². The average molecular weight is 477 g/mol. The van der Waals surface area contributed by atoms with Crippen LogP contribution in [0.1, 0.15) is 0 Å². The van der Waals surface area contributed by atoms with Crippen LogP contribution in [-0.2, 0) is 24.7 Å². The molecule has 156 valence electrons. The fourth-order valence-electron chi connectivity index (χ4n) is 2.91. The van der Waals surface area contributed by atoms with E-state index in [0.717, 1.165) is 0 Å². The van der Waals surface area contributed by atoms with E-state index in [-0.39, 0.29) is 36.0 Å². The van der Waals surface area contributed by atoms with Gasteiger partial charge in [-0.2, -0.15) is 4.31 Å². The summed E-state index contributed by atoms with van der Waals surface area (Å²) in [7, 11) is -7.51. The number of hydrogen-bond donors (Lipinski definition) is 0. The topological polar surface area (TPSA) is 91.8 Å². The van der Waals surface area contributed by atoms with Crippen molar-refractivity contribution < 1.29 is 21.6 Å². The Labute approximate surface area is 179 Å². The smallest absolute Gasteiger partial charge is 0.243 e. The van der Waals surface area contributed by atoms with E-state index in [2.05, 4.69) is 0 Å². The Morgan fingerprint density at radius 2 is 1.21 bits per heavy atom. The summed E-state index contributed by atoms with van der Waals surface area (Å²) in [5.41, 5.74) is 0. The Kier molecular flexibility index (Phi) is 6.54. The number of rotatable bonds is 5. The molecule has 1 aliphatic heterocycles. The minimum Gasteiger partial charge on any atom is -0.339 e. The molecule has 0 unspecified atom stereocenters. The van der Waals surface area contributed by atoms with Crippen molar-refractivity contribution in [2.75, 3.05) is 31.9 Å². The second-order valence-corrected chi connectivity index (χ2v) is 11.3. The van der Waals surface area contributed by atoms with E-state index >= 15 is 0 Å². The molecule has 0 bridgehead atoms. The normalized spacial score (nSPS) is 16.0. The van der Waals surface area contributed by atoms with Crippen LogP contribution in [0.3, 0.4) is 0 Å². The Bertz CT molecular complexity index is 1090. The standard InChI is InChI=1S/C18H18Cl2N2O5S2/c19-14-1-5-16(6-2-14)28(24,25)13-18(23)21-9-11-22(12-10-21)29(26,27)17-7-3-15(20)4-8-17/h1-8H,9-13H2. The summed E-state index contributed by atoms with van der Waals surface area (Å²) in [4.78, 5) is 13.9. The molecule has 0 saturated carbocycles. The van der Waals surface area contributed by atoms with E-state index in [1.54, 1.807) is 0 Å². The number of amides is 1. The first-order valence-corrected chi connectivity index (χ1v) is 12.5. The molecule has 0 aromatic heterocycles. The number of sulfonamides is 1. The number of hydrogen-bond acceptors (Lipinski definition) is 5. The molecule has 1 aliphatic rings. The Morgan fingerprint density at radius 3 is 1.69 bits per heavy atom. The van der Waals surface area contributed by atoms with Gasteiger partial charge < -0.3 is 4.90 Å². The number of carbonyl (C=O) groups is 1. The molecule has 7 nitrogen and oxygen atoms in total. The Balaban J connectivity index is 1.63. The lowest BCUT2D eigenvalue weighted by Crippen LogP contribution is -2.51. The third-order valence-corrected chi connectivity index (χ3v) is 8.56. The third-order valence-electron chi connectivity index (χ3n) is 4.53. The van der Waals surface area contributed by atoms with E-state index in [0.29, 0.717) is 10.0 Å². The molecule has 0 N–H and O–H groups in total. The van der Waals surface area contributed by atoms with E-state index in [9.17, 15) is 21.6 Å². The van der Waals surface area contributed by atoms with Crippen molar-refractivity contribution in [1.82, 2.24) is 9.21 Å². The molecule has 2 aromatic rings. The maximum Gasteiger partial charge on any atom is 0.243 e. The van der Waals surface area contributed by atoms with Crippen molar-refractivity contribution in [2.45, 2.75) is 9.79 Å². The van der Waals surface area contributed by atoms with Gasteiger partial charge in [-0.25, -0.2) is 16.8 Å². The highest BCUT2D eigenvalue weighted by molar-refractivity contribution is 7.92. The predicted molar refractivity (Wildman–Crippen MR) is 110 cm³/mol. The lowest BCUT2D eigenvalue weighted by molar-refractivity contribution is -0.129. The number of piperazine rings is 1. The minimum atomic E-state index is -3.81. The van der Waals surface area contributed by atoms with Crippen molar-refractivity contribution in [3.63, 3.8) is 0 Å². The van der Waals surface area contributed by atoms with Crippen LogP contribution < -0.4 is 0 Å². The summed E-state index contributed by atoms with van der Waals surface area (Å²) in [6, 6.07) is 11.4. The lowest BCUT2D eigenvalue weighted by atomic mass is 10.3. The van der Waals surface area contributed by atoms with E-state index in [1.807, 2.05) is 0 Å². The van der Waals surface area contributed by atoms with E-state index in [4.69, 9.17) is 23.2 Å². The van der Waals surface area contributed by atoms with E-state index in [1.165, 1.54) is 57.7 Å². The molecular weight excluding hydrogens is 459 g/mol. The van der Waals surface area contributed by atoms with Crippen LogP contribution in [-0.4, -0.2) is 63.9 Å². The summed E-state index contributed by atoms with van der Waals surface area (Å²) in [5.74, 6) is -1.25. The molecule has 1 saturated heterocycles. The van der Waals surface area contributed by atoms with E-state index < -0.39 is 31.5 Å². The number of carbonyl (C=O) groups excluding carboxylic acids is 1. The molecule has 2 aromatic carbocycles. The predicted octanol–water partition coefficient (Wildman–Crippen LogP) is 2.30. The maximum atomic E-state index is 12.7. The zero-order valence-electron chi connectivity index (χ0n) is 15.2. The summed E-state index contributed by atoms with van der Waals surface area (Å²) >= 11 is 11.6. The molecule has 1 heterocycles. The van der Waals surface area contributed by atoms with Gasteiger partial charge in [0.05, 0.1) is 9.79 Å². The highest BCUT2D eigenvalue weighted by atomic mass is 35.5. The van der Waals surface area contributed by atoms with Gasteiger partial charge in [0.1, 0.15) is 5.75 Å². The minimum absolute atomic E-state index is 0.0132. The van der Waals surface area contributed by atoms with Crippen molar-refractivity contribution in [3.8, 4) is 0 Å². The van der Waals surface area contributed by atoms with Crippen LogP contribution in [0.4, 0.5) is 0 Å². The van der Waals surface area contributed by atoms with Crippen LogP contribution in [0, 0.1) is 0 Å². The van der Waals surface area contributed by atoms with Crippen molar-refractivity contribution in [3.05, 3.63) is 58.6 Å².